The van der Waals surface area contributed by atoms with Gasteiger partial charge in [-0.15, -0.1) is 0 Å². The second-order valence-corrected chi connectivity index (χ2v) is 5.15. The van der Waals surface area contributed by atoms with Crippen molar-refractivity contribution >= 4 is 28.1 Å². The zero-order valence-electron chi connectivity index (χ0n) is 10.8. The fourth-order valence-electron chi connectivity index (χ4n) is 2.37. The molecule has 1 heterocycles. The van der Waals surface area contributed by atoms with Crippen molar-refractivity contribution in [1.82, 2.24) is 4.57 Å². The summed E-state index contributed by atoms with van der Waals surface area (Å²) in [5.74, 6) is 0.280. The van der Waals surface area contributed by atoms with Crippen LogP contribution in [-0.4, -0.2) is 14.7 Å². The average Bonchev–Trinajstić information content (AvgIpc) is 2.84. The molecule has 0 aliphatic carbocycles. The Morgan fingerprint density at radius 1 is 1.10 bits per heavy atom. The van der Waals surface area contributed by atoms with Crippen molar-refractivity contribution in [2.24, 2.45) is 5.73 Å². The first-order chi connectivity index (χ1) is 9.65. The summed E-state index contributed by atoms with van der Waals surface area (Å²) in [6.07, 6.45) is 2.03. The number of benzene rings is 2. The van der Waals surface area contributed by atoms with Crippen LogP contribution in [0.2, 0.25) is 0 Å². The first-order valence-electron chi connectivity index (χ1n) is 6.31. The Kier molecular flexibility index (Phi) is 3.16. The van der Waals surface area contributed by atoms with Gasteiger partial charge in [0.15, 0.2) is 0 Å². The first-order valence-corrected chi connectivity index (χ1v) is 6.71. The lowest BCUT2D eigenvalue weighted by Crippen LogP contribution is -2.09. The Morgan fingerprint density at radius 3 is 2.55 bits per heavy atom. The maximum absolute atomic E-state index is 9.32. The quantitative estimate of drug-likeness (QED) is 0.726. The standard InChI is InChI=1S/C16H14N2OS/c17-16(20)14-2-1-3-15-13(14)8-9-18(15)10-11-4-6-12(19)7-5-11/h1-9,19H,10H2,(H2,17,20). The van der Waals surface area contributed by atoms with Gasteiger partial charge in [0.25, 0.3) is 0 Å². The fraction of sp³-hybridized carbons (Fsp3) is 0.0625. The summed E-state index contributed by atoms with van der Waals surface area (Å²) < 4.78 is 2.14. The Labute approximate surface area is 122 Å². The van der Waals surface area contributed by atoms with Crippen LogP contribution >= 0.6 is 12.2 Å². The van der Waals surface area contributed by atoms with Gasteiger partial charge in [0, 0.05) is 29.2 Å². The van der Waals surface area contributed by atoms with Crippen molar-refractivity contribution in [2.75, 3.05) is 0 Å². The van der Waals surface area contributed by atoms with Crippen LogP contribution in [0.15, 0.2) is 54.7 Å². The highest BCUT2D eigenvalue weighted by Gasteiger charge is 2.07. The van der Waals surface area contributed by atoms with Crippen molar-refractivity contribution < 1.29 is 5.11 Å². The lowest BCUT2D eigenvalue weighted by molar-refractivity contribution is 0.475. The highest BCUT2D eigenvalue weighted by molar-refractivity contribution is 7.80. The van der Waals surface area contributed by atoms with Crippen LogP contribution in [0.1, 0.15) is 11.1 Å². The number of hydrogen-bond acceptors (Lipinski definition) is 2. The molecule has 2 aromatic carbocycles. The van der Waals surface area contributed by atoms with E-state index in [1.165, 1.54) is 0 Å². The highest BCUT2D eigenvalue weighted by atomic mass is 32.1. The van der Waals surface area contributed by atoms with Crippen LogP contribution in [0.25, 0.3) is 10.9 Å². The zero-order chi connectivity index (χ0) is 14.1. The summed E-state index contributed by atoms with van der Waals surface area (Å²) in [6.45, 7) is 0.741. The van der Waals surface area contributed by atoms with E-state index in [-0.39, 0.29) is 5.75 Å². The van der Waals surface area contributed by atoms with E-state index in [1.54, 1.807) is 12.1 Å². The van der Waals surface area contributed by atoms with Gasteiger partial charge in [-0.05, 0) is 29.8 Å². The molecule has 0 aliphatic heterocycles. The summed E-state index contributed by atoms with van der Waals surface area (Å²) in [4.78, 5) is 0.415. The van der Waals surface area contributed by atoms with E-state index in [9.17, 15) is 5.11 Å². The summed E-state index contributed by atoms with van der Waals surface area (Å²) in [7, 11) is 0. The number of aromatic nitrogens is 1. The van der Waals surface area contributed by atoms with E-state index in [4.69, 9.17) is 18.0 Å². The molecule has 0 aliphatic rings. The number of hydrogen-bond donors (Lipinski definition) is 2. The topological polar surface area (TPSA) is 51.2 Å². The number of phenolic OH excluding ortho intramolecular Hbond substituents is 1. The Morgan fingerprint density at radius 2 is 1.85 bits per heavy atom. The van der Waals surface area contributed by atoms with Crippen LogP contribution in [0, 0.1) is 0 Å². The molecular formula is C16H14N2OS. The number of thiocarbonyl (C=S) groups is 1. The molecule has 3 N–H and O–H groups in total. The minimum Gasteiger partial charge on any atom is -0.508 e. The maximum Gasteiger partial charge on any atom is 0.115 e. The molecule has 3 aromatic rings. The van der Waals surface area contributed by atoms with Gasteiger partial charge in [-0.3, -0.25) is 0 Å². The smallest absolute Gasteiger partial charge is 0.115 e. The molecule has 0 spiro atoms. The van der Waals surface area contributed by atoms with Crippen LogP contribution in [-0.2, 0) is 6.54 Å². The van der Waals surface area contributed by atoms with Gasteiger partial charge in [0.05, 0.1) is 0 Å². The Balaban J connectivity index is 2.03. The van der Waals surface area contributed by atoms with Crippen LogP contribution < -0.4 is 5.73 Å². The first kappa shape index (κ1) is 12.7. The molecule has 0 atom stereocenters. The second-order valence-electron chi connectivity index (χ2n) is 4.71. The second kappa shape index (κ2) is 4.98. The SMILES string of the molecule is NC(=S)c1cccc2c1ccn2Cc1ccc(O)cc1. The molecule has 3 rings (SSSR count). The summed E-state index contributed by atoms with van der Waals surface area (Å²) in [5, 5.41) is 10.4. The summed E-state index contributed by atoms with van der Waals surface area (Å²) in [6, 6.07) is 15.2. The maximum atomic E-state index is 9.32. The van der Waals surface area contributed by atoms with Gasteiger partial charge in [-0.2, -0.15) is 0 Å². The predicted octanol–water partition coefficient (Wildman–Crippen LogP) is 3.03. The lowest BCUT2D eigenvalue weighted by Gasteiger charge is -2.07. The molecule has 0 saturated heterocycles. The van der Waals surface area contributed by atoms with E-state index in [2.05, 4.69) is 10.6 Å². The van der Waals surface area contributed by atoms with Crippen LogP contribution in [0.3, 0.4) is 0 Å². The van der Waals surface area contributed by atoms with Gasteiger partial charge in [0.2, 0.25) is 0 Å². The van der Waals surface area contributed by atoms with Gasteiger partial charge >= 0.3 is 0 Å². The molecular weight excluding hydrogens is 268 g/mol. The molecule has 20 heavy (non-hydrogen) atoms. The monoisotopic (exact) mass is 282 g/mol. The molecule has 0 fully saturated rings. The van der Waals surface area contributed by atoms with E-state index in [0.29, 0.717) is 4.99 Å². The molecule has 0 radical (unpaired) electrons. The van der Waals surface area contributed by atoms with Crippen molar-refractivity contribution in [3.05, 3.63) is 65.9 Å². The third-order valence-electron chi connectivity index (χ3n) is 3.37. The number of aromatic hydroxyl groups is 1. The van der Waals surface area contributed by atoms with E-state index < -0.39 is 0 Å². The van der Waals surface area contributed by atoms with E-state index in [0.717, 1.165) is 28.6 Å². The number of nitrogens with two attached hydrogens (primary N) is 1. The van der Waals surface area contributed by atoms with Gasteiger partial charge < -0.3 is 15.4 Å². The molecule has 4 heteroatoms. The third-order valence-corrected chi connectivity index (χ3v) is 3.59. The Hall–Kier alpha value is -2.33. The number of phenols is 1. The number of fused-ring (bicyclic) bond motifs is 1. The highest BCUT2D eigenvalue weighted by Crippen LogP contribution is 2.21. The van der Waals surface area contributed by atoms with Crippen LogP contribution in [0.5, 0.6) is 5.75 Å². The molecule has 3 nitrogen and oxygen atoms in total. The fourth-order valence-corrected chi connectivity index (χ4v) is 2.55. The van der Waals surface area contributed by atoms with Gasteiger partial charge in [-0.25, -0.2) is 0 Å². The van der Waals surface area contributed by atoms with E-state index in [1.807, 2.05) is 36.5 Å². The minimum absolute atomic E-state index is 0.280. The molecule has 0 bridgehead atoms. The van der Waals surface area contributed by atoms with Crippen molar-refractivity contribution in [2.45, 2.75) is 6.54 Å². The molecule has 100 valence electrons. The molecule has 0 amide bonds. The zero-order valence-corrected chi connectivity index (χ0v) is 11.6. The molecule has 0 saturated carbocycles. The van der Waals surface area contributed by atoms with Crippen LogP contribution in [0.4, 0.5) is 0 Å². The van der Waals surface area contributed by atoms with Crippen molar-refractivity contribution in [3.63, 3.8) is 0 Å². The normalized spacial score (nSPS) is 10.8. The third kappa shape index (κ3) is 2.26. The van der Waals surface area contributed by atoms with Crippen molar-refractivity contribution in [1.29, 1.82) is 0 Å². The summed E-state index contributed by atoms with van der Waals surface area (Å²) >= 11 is 5.08. The molecule has 0 unspecified atom stereocenters. The summed E-state index contributed by atoms with van der Waals surface area (Å²) in [5.41, 5.74) is 8.88. The van der Waals surface area contributed by atoms with E-state index >= 15 is 0 Å². The van der Waals surface area contributed by atoms with Crippen molar-refractivity contribution in [3.8, 4) is 5.75 Å². The minimum atomic E-state index is 0.280. The van der Waals surface area contributed by atoms with Gasteiger partial charge in [0.1, 0.15) is 10.7 Å². The average molecular weight is 282 g/mol. The largest absolute Gasteiger partial charge is 0.508 e. The van der Waals surface area contributed by atoms with Gasteiger partial charge in [-0.1, -0.05) is 36.5 Å². The number of nitrogens with zero attached hydrogens (tertiary/aromatic N) is 1. The number of rotatable bonds is 3. The molecule has 1 aromatic heterocycles. The predicted molar refractivity (Wildman–Crippen MR) is 85.0 cm³/mol. The Bertz CT molecular complexity index is 775. The lowest BCUT2D eigenvalue weighted by atomic mass is 10.1.